The zero-order chi connectivity index (χ0) is 10.4. The minimum absolute atomic E-state index is 0.306. The fourth-order valence-electron chi connectivity index (χ4n) is 1.58. The Morgan fingerprint density at radius 1 is 1.57 bits per heavy atom. The Hall–Kier alpha value is -0.800. The number of furan rings is 1. The number of nitrogens with one attached hydrogen (secondary N) is 1. The van der Waals surface area contributed by atoms with Crippen LogP contribution in [0.15, 0.2) is 16.7 Å². The van der Waals surface area contributed by atoms with Gasteiger partial charge in [-0.15, -0.1) is 0 Å². The standard InChI is InChI=1S/C11H19NO2/c1-9-6-8-14-11(9)10(12-2)5-4-7-13-3/h6,8,10,12H,4-5,7H2,1-3H3. The maximum atomic E-state index is 5.44. The van der Waals surface area contributed by atoms with Crippen LogP contribution in [0.25, 0.3) is 0 Å². The molecule has 80 valence electrons. The Balaban J connectivity index is 2.50. The Labute approximate surface area is 85.4 Å². The van der Waals surface area contributed by atoms with Crippen molar-refractivity contribution >= 4 is 0 Å². The van der Waals surface area contributed by atoms with Crippen molar-refractivity contribution in [3.05, 3.63) is 23.7 Å². The normalized spacial score (nSPS) is 13.1. The van der Waals surface area contributed by atoms with Crippen LogP contribution in [0.5, 0.6) is 0 Å². The van der Waals surface area contributed by atoms with Gasteiger partial charge < -0.3 is 14.5 Å². The predicted octanol–water partition coefficient (Wildman–Crippen LogP) is 2.28. The molecule has 0 aliphatic heterocycles. The van der Waals surface area contributed by atoms with Crippen molar-refractivity contribution in [2.75, 3.05) is 20.8 Å². The fourth-order valence-corrected chi connectivity index (χ4v) is 1.58. The van der Waals surface area contributed by atoms with Crippen LogP contribution in [0.1, 0.15) is 30.2 Å². The molecule has 0 saturated heterocycles. The molecular formula is C11H19NO2. The van der Waals surface area contributed by atoms with E-state index in [9.17, 15) is 0 Å². The van der Waals surface area contributed by atoms with Crippen molar-refractivity contribution < 1.29 is 9.15 Å². The molecule has 14 heavy (non-hydrogen) atoms. The Morgan fingerprint density at radius 2 is 2.36 bits per heavy atom. The van der Waals surface area contributed by atoms with Crippen LogP contribution in [0.3, 0.4) is 0 Å². The molecule has 1 unspecified atom stereocenters. The van der Waals surface area contributed by atoms with Crippen LogP contribution in [0.4, 0.5) is 0 Å². The van der Waals surface area contributed by atoms with E-state index in [-0.39, 0.29) is 0 Å². The summed E-state index contributed by atoms with van der Waals surface area (Å²) in [4.78, 5) is 0. The maximum absolute atomic E-state index is 5.44. The third-order valence-electron chi connectivity index (χ3n) is 2.41. The molecule has 0 spiro atoms. The van der Waals surface area contributed by atoms with Crippen molar-refractivity contribution in [2.45, 2.75) is 25.8 Å². The molecule has 0 radical (unpaired) electrons. The zero-order valence-electron chi connectivity index (χ0n) is 9.17. The molecule has 0 aliphatic rings. The molecule has 3 nitrogen and oxygen atoms in total. The molecule has 1 aromatic heterocycles. The van der Waals surface area contributed by atoms with Crippen LogP contribution < -0.4 is 5.32 Å². The molecule has 1 aromatic rings. The summed E-state index contributed by atoms with van der Waals surface area (Å²) in [5.41, 5.74) is 1.21. The lowest BCUT2D eigenvalue weighted by Gasteiger charge is -2.14. The number of ether oxygens (including phenoxy) is 1. The summed E-state index contributed by atoms with van der Waals surface area (Å²) in [5.74, 6) is 1.05. The molecule has 0 saturated carbocycles. The summed E-state index contributed by atoms with van der Waals surface area (Å²) >= 11 is 0. The van der Waals surface area contributed by atoms with E-state index in [1.165, 1.54) is 5.56 Å². The van der Waals surface area contributed by atoms with Crippen molar-refractivity contribution in [2.24, 2.45) is 0 Å². The molecule has 3 heteroatoms. The Bertz CT molecular complexity index is 258. The zero-order valence-corrected chi connectivity index (χ0v) is 9.17. The second-order valence-corrected chi connectivity index (χ2v) is 3.44. The molecule has 1 rings (SSSR count). The number of methoxy groups -OCH3 is 1. The molecule has 0 bridgehead atoms. The van der Waals surface area contributed by atoms with Gasteiger partial charge in [-0.1, -0.05) is 0 Å². The molecule has 0 aromatic carbocycles. The van der Waals surface area contributed by atoms with E-state index < -0.39 is 0 Å². The van der Waals surface area contributed by atoms with Crippen LogP contribution in [-0.4, -0.2) is 20.8 Å². The molecule has 0 amide bonds. The first-order valence-electron chi connectivity index (χ1n) is 4.99. The number of hydrogen-bond acceptors (Lipinski definition) is 3. The molecule has 1 N–H and O–H groups in total. The van der Waals surface area contributed by atoms with Gasteiger partial charge in [0.1, 0.15) is 5.76 Å². The summed E-state index contributed by atoms with van der Waals surface area (Å²) < 4.78 is 10.5. The van der Waals surface area contributed by atoms with E-state index in [4.69, 9.17) is 9.15 Å². The van der Waals surface area contributed by atoms with Gasteiger partial charge in [0.2, 0.25) is 0 Å². The predicted molar refractivity (Wildman–Crippen MR) is 56.4 cm³/mol. The topological polar surface area (TPSA) is 34.4 Å². The summed E-state index contributed by atoms with van der Waals surface area (Å²) in [6.45, 7) is 2.87. The highest BCUT2D eigenvalue weighted by Crippen LogP contribution is 2.22. The van der Waals surface area contributed by atoms with Crippen LogP contribution in [-0.2, 0) is 4.74 Å². The highest BCUT2D eigenvalue weighted by Gasteiger charge is 2.14. The average molecular weight is 197 g/mol. The summed E-state index contributed by atoms with van der Waals surface area (Å²) in [5, 5.41) is 3.25. The van der Waals surface area contributed by atoms with E-state index >= 15 is 0 Å². The minimum Gasteiger partial charge on any atom is -0.467 e. The third-order valence-corrected chi connectivity index (χ3v) is 2.41. The first kappa shape index (κ1) is 11.3. The van der Waals surface area contributed by atoms with Crippen LogP contribution >= 0.6 is 0 Å². The average Bonchev–Trinajstić information content (AvgIpc) is 2.60. The van der Waals surface area contributed by atoms with Gasteiger partial charge in [-0.05, 0) is 38.4 Å². The van der Waals surface area contributed by atoms with Crippen LogP contribution in [0, 0.1) is 6.92 Å². The smallest absolute Gasteiger partial charge is 0.123 e. The quantitative estimate of drug-likeness (QED) is 0.710. The summed E-state index contributed by atoms with van der Waals surface area (Å²) in [6, 6.07) is 2.30. The molecule has 1 atom stereocenters. The summed E-state index contributed by atoms with van der Waals surface area (Å²) in [7, 11) is 3.69. The van der Waals surface area contributed by atoms with Crippen molar-refractivity contribution in [3.63, 3.8) is 0 Å². The van der Waals surface area contributed by atoms with Gasteiger partial charge in [0.05, 0.1) is 12.3 Å². The number of rotatable bonds is 6. The Morgan fingerprint density at radius 3 is 2.86 bits per heavy atom. The van der Waals surface area contributed by atoms with E-state index in [0.717, 1.165) is 25.2 Å². The summed E-state index contributed by atoms with van der Waals surface area (Å²) in [6.07, 6.45) is 3.83. The fraction of sp³-hybridized carbons (Fsp3) is 0.636. The maximum Gasteiger partial charge on any atom is 0.123 e. The first-order chi connectivity index (χ1) is 6.79. The van der Waals surface area contributed by atoms with E-state index in [2.05, 4.69) is 12.2 Å². The van der Waals surface area contributed by atoms with Gasteiger partial charge in [-0.25, -0.2) is 0 Å². The van der Waals surface area contributed by atoms with Crippen molar-refractivity contribution in [1.82, 2.24) is 5.32 Å². The van der Waals surface area contributed by atoms with Crippen molar-refractivity contribution in [1.29, 1.82) is 0 Å². The molecule has 0 aliphatic carbocycles. The highest BCUT2D eigenvalue weighted by atomic mass is 16.5. The first-order valence-corrected chi connectivity index (χ1v) is 4.99. The van der Waals surface area contributed by atoms with Crippen molar-refractivity contribution in [3.8, 4) is 0 Å². The van der Waals surface area contributed by atoms with Gasteiger partial charge in [-0.2, -0.15) is 0 Å². The lowest BCUT2D eigenvalue weighted by atomic mass is 10.1. The monoisotopic (exact) mass is 197 g/mol. The van der Waals surface area contributed by atoms with Gasteiger partial charge in [0.15, 0.2) is 0 Å². The lowest BCUT2D eigenvalue weighted by Crippen LogP contribution is -2.17. The highest BCUT2D eigenvalue weighted by molar-refractivity contribution is 5.17. The van der Waals surface area contributed by atoms with E-state index in [0.29, 0.717) is 6.04 Å². The van der Waals surface area contributed by atoms with Gasteiger partial charge in [-0.3, -0.25) is 0 Å². The molecule has 0 fully saturated rings. The molecular weight excluding hydrogens is 178 g/mol. The Kier molecular flexibility index (Phi) is 4.70. The molecule has 1 heterocycles. The second kappa shape index (κ2) is 5.83. The second-order valence-electron chi connectivity index (χ2n) is 3.44. The van der Waals surface area contributed by atoms with E-state index in [1.807, 2.05) is 13.1 Å². The van der Waals surface area contributed by atoms with Crippen LogP contribution in [0.2, 0.25) is 0 Å². The lowest BCUT2D eigenvalue weighted by molar-refractivity contribution is 0.187. The van der Waals surface area contributed by atoms with Gasteiger partial charge in [0.25, 0.3) is 0 Å². The van der Waals surface area contributed by atoms with Gasteiger partial charge >= 0.3 is 0 Å². The minimum atomic E-state index is 0.306. The third kappa shape index (κ3) is 2.86. The van der Waals surface area contributed by atoms with Gasteiger partial charge in [0, 0.05) is 13.7 Å². The largest absolute Gasteiger partial charge is 0.467 e. The van der Waals surface area contributed by atoms with E-state index in [1.54, 1.807) is 13.4 Å². The number of aryl methyl sites for hydroxylation is 1. The number of hydrogen-bond donors (Lipinski definition) is 1. The SMILES string of the molecule is CNC(CCCOC)c1occc1C.